The van der Waals surface area contributed by atoms with E-state index in [0.29, 0.717) is 52.5 Å². The summed E-state index contributed by atoms with van der Waals surface area (Å²) in [5.74, 6) is -0.129. The van der Waals surface area contributed by atoms with E-state index in [9.17, 15) is 22.4 Å². The number of hydrogen-bond acceptors (Lipinski definition) is 7. The van der Waals surface area contributed by atoms with E-state index >= 15 is 0 Å². The predicted octanol–water partition coefficient (Wildman–Crippen LogP) is 3.66. The van der Waals surface area contributed by atoms with E-state index in [0.717, 1.165) is 0 Å². The van der Waals surface area contributed by atoms with E-state index < -0.39 is 21.9 Å². The number of nitrogens with zero attached hydrogens (tertiary/aromatic N) is 4. The normalized spacial score (nSPS) is 17.4. The molecular formula is C27H26FN5O4S. The highest BCUT2D eigenvalue weighted by atomic mass is 32.2. The number of anilines is 1. The second kappa shape index (κ2) is 9.71. The lowest BCUT2D eigenvalue weighted by Gasteiger charge is -2.32. The third-order valence-corrected chi connectivity index (χ3v) is 8.79. The highest BCUT2D eigenvalue weighted by Gasteiger charge is 2.43. The van der Waals surface area contributed by atoms with Crippen LogP contribution < -0.4 is 5.32 Å². The molecule has 0 saturated carbocycles. The maximum Gasteiger partial charge on any atom is 0.229 e. The minimum absolute atomic E-state index is 0.00806. The summed E-state index contributed by atoms with van der Waals surface area (Å²) in [5, 5.41) is 2.76. The Labute approximate surface area is 219 Å². The fourth-order valence-corrected chi connectivity index (χ4v) is 5.67. The Balaban J connectivity index is 1.33. The van der Waals surface area contributed by atoms with Gasteiger partial charge in [0.1, 0.15) is 12.5 Å². The molecule has 0 bridgehead atoms. The van der Waals surface area contributed by atoms with E-state index in [2.05, 4.69) is 20.3 Å². The van der Waals surface area contributed by atoms with E-state index in [4.69, 9.17) is 0 Å². The Kier molecular flexibility index (Phi) is 6.56. The molecule has 3 heterocycles. The SMILES string of the molecule is CCS(=O)(=O)c1ccc(CC(=O)Nc2ccc3c(n2)CCC(C)(c2nccn4c(CF)cnc24)C3=O)cc1. The van der Waals surface area contributed by atoms with Gasteiger partial charge >= 0.3 is 0 Å². The first kappa shape index (κ1) is 25.7. The van der Waals surface area contributed by atoms with Gasteiger partial charge in [0.05, 0.1) is 45.8 Å². The maximum atomic E-state index is 13.6. The van der Waals surface area contributed by atoms with Crippen molar-refractivity contribution in [1.82, 2.24) is 19.4 Å². The van der Waals surface area contributed by atoms with Crippen LogP contribution in [0.2, 0.25) is 0 Å². The minimum Gasteiger partial charge on any atom is -0.310 e. The topological polar surface area (TPSA) is 123 Å². The molecule has 1 aromatic carbocycles. The van der Waals surface area contributed by atoms with Gasteiger partial charge in [-0.15, -0.1) is 0 Å². The number of aromatic nitrogens is 4. The van der Waals surface area contributed by atoms with Crippen LogP contribution in [0.4, 0.5) is 10.2 Å². The van der Waals surface area contributed by atoms with E-state index in [-0.39, 0.29) is 28.8 Å². The number of benzene rings is 1. The predicted molar refractivity (Wildman–Crippen MR) is 139 cm³/mol. The van der Waals surface area contributed by atoms with Crippen LogP contribution in [0.25, 0.3) is 5.65 Å². The van der Waals surface area contributed by atoms with Crippen LogP contribution >= 0.6 is 0 Å². The highest BCUT2D eigenvalue weighted by molar-refractivity contribution is 7.91. The monoisotopic (exact) mass is 535 g/mol. The van der Waals surface area contributed by atoms with Gasteiger partial charge in [0.2, 0.25) is 5.91 Å². The number of sulfone groups is 1. The summed E-state index contributed by atoms with van der Waals surface area (Å²) in [4.78, 5) is 39.8. The number of alkyl halides is 1. The van der Waals surface area contributed by atoms with E-state index in [1.54, 1.807) is 48.0 Å². The van der Waals surface area contributed by atoms with Crippen molar-refractivity contribution in [2.24, 2.45) is 0 Å². The number of pyridine rings is 1. The Morgan fingerprint density at radius 2 is 1.92 bits per heavy atom. The van der Waals surface area contributed by atoms with Gasteiger partial charge in [-0.2, -0.15) is 0 Å². The van der Waals surface area contributed by atoms with Gasteiger partial charge < -0.3 is 5.32 Å². The first-order chi connectivity index (χ1) is 18.2. The van der Waals surface area contributed by atoms with Crippen LogP contribution in [0.5, 0.6) is 0 Å². The van der Waals surface area contributed by atoms with Gasteiger partial charge in [-0.25, -0.2) is 22.8 Å². The number of hydrogen-bond donors (Lipinski definition) is 1. The van der Waals surface area contributed by atoms with Crippen LogP contribution in [-0.4, -0.2) is 45.2 Å². The number of carbonyl (C=O) groups is 2. The first-order valence-corrected chi connectivity index (χ1v) is 13.8. The van der Waals surface area contributed by atoms with Gasteiger partial charge in [0.15, 0.2) is 21.3 Å². The molecule has 1 aliphatic carbocycles. The van der Waals surface area contributed by atoms with Crippen LogP contribution in [0, 0.1) is 0 Å². The average molecular weight is 536 g/mol. The van der Waals surface area contributed by atoms with Crippen molar-refractivity contribution in [2.45, 2.75) is 50.1 Å². The van der Waals surface area contributed by atoms with Crippen molar-refractivity contribution in [2.75, 3.05) is 11.1 Å². The first-order valence-electron chi connectivity index (χ1n) is 12.2. The molecular weight excluding hydrogens is 509 g/mol. The fraction of sp³-hybridized carbons (Fsp3) is 0.296. The summed E-state index contributed by atoms with van der Waals surface area (Å²) in [6, 6.07) is 9.47. The minimum atomic E-state index is -3.30. The molecule has 11 heteroatoms. The number of carbonyl (C=O) groups excluding carboxylic acids is 2. The molecule has 0 radical (unpaired) electrons. The zero-order valence-corrected chi connectivity index (χ0v) is 21.8. The van der Waals surface area contributed by atoms with Gasteiger partial charge in [-0.3, -0.25) is 19.0 Å². The summed E-state index contributed by atoms with van der Waals surface area (Å²) in [7, 11) is -3.30. The summed E-state index contributed by atoms with van der Waals surface area (Å²) in [5.41, 5.74) is 2.07. The lowest BCUT2D eigenvalue weighted by atomic mass is 9.71. The molecule has 9 nitrogen and oxygen atoms in total. The highest BCUT2D eigenvalue weighted by Crippen LogP contribution is 2.38. The third-order valence-electron chi connectivity index (χ3n) is 7.04. The molecule has 1 N–H and O–H groups in total. The smallest absolute Gasteiger partial charge is 0.229 e. The summed E-state index contributed by atoms with van der Waals surface area (Å²) < 4.78 is 38.9. The molecule has 0 aliphatic heterocycles. The number of ketones is 1. The number of aryl methyl sites for hydroxylation is 1. The Morgan fingerprint density at radius 1 is 1.16 bits per heavy atom. The fourth-order valence-electron chi connectivity index (χ4n) is 4.79. The Morgan fingerprint density at radius 3 is 2.63 bits per heavy atom. The number of rotatable bonds is 7. The molecule has 0 fully saturated rings. The van der Waals surface area contributed by atoms with Crippen LogP contribution in [0.3, 0.4) is 0 Å². The summed E-state index contributed by atoms with van der Waals surface area (Å²) >= 11 is 0. The van der Waals surface area contributed by atoms with Gasteiger partial charge in [-0.1, -0.05) is 19.1 Å². The molecule has 0 spiro atoms. The van der Waals surface area contributed by atoms with Crippen molar-refractivity contribution >= 4 is 33.0 Å². The Bertz CT molecular complexity index is 1670. The zero-order valence-electron chi connectivity index (χ0n) is 20.9. The standard InChI is InChI=1S/C27H26FN5O4S/c1-3-38(36,37)19-6-4-17(5-7-19)14-23(34)32-22-9-8-20-21(31-22)10-11-27(2,25(20)35)24-26-30-16-18(15-28)33(26)13-12-29-24/h4-9,12-13,16H,3,10-11,14-15H2,1-2H3,(H,31,32,34). The summed E-state index contributed by atoms with van der Waals surface area (Å²) in [6.07, 6.45) is 5.58. The number of amides is 1. The number of halogens is 1. The van der Waals surface area contributed by atoms with Crippen LogP contribution in [0.1, 0.15) is 53.3 Å². The second-order valence-electron chi connectivity index (χ2n) is 9.48. The van der Waals surface area contributed by atoms with Crippen molar-refractivity contribution in [3.63, 3.8) is 0 Å². The van der Waals surface area contributed by atoms with Crippen LogP contribution in [0.15, 0.2) is 59.9 Å². The zero-order chi connectivity index (χ0) is 27.1. The van der Waals surface area contributed by atoms with E-state index in [1.807, 2.05) is 6.92 Å². The second-order valence-corrected chi connectivity index (χ2v) is 11.8. The number of nitrogens with one attached hydrogen (secondary N) is 1. The average Bonchev–Trinajstić information content (AvgIpc) is 3.34. The summed E-state index contributed by atoms with van der Waals surface area (Å²) in [6.45, 7) is 2.72. The van der Waals surface area contributed by atoms with Gasteiger partial charge in [0, 0.05) is 18.0 Å². The number of fused-ring (bicyclic) bond motifs is 2. The van der Waals surface area contributed by atoms with Gasteiger partial charge in [0.25, 0.3) is 0 Å². The molecule has 4 aromatic rings. The van der Waals surface area contributed by atoms with Crippen molar-refractivity contribution in [1.29, 1.82) is 0 Å². The number of Topliss-reactive ketones (excluding diaryl/α,β-unsaturated/α-hetero) is 1. The van der Waals surface area contributed by atoms with Crippen molar-refractivity contribution in [3.8, 4) is 0 Å². The molecule has 1 amide bonds. The Hall–Kier alpha value is -3.99. The van der Waals surface area contributed by atoms with Crippen molar-refractivity contribution in [3.05, 3.63) is 83.2 Å². The molecule has 196 valence electrons. The van der Waals surface area contributed by atoms with Crippen LogP contribution in [-0.2, 0) is 39.6 Å². The number of imidazole rings is 1. The van der Waals surface area contributed by atoms with Gasteiger partial charge in [-0.05, 0) is 49.6 Å². The molecule has 1 aliphatic rings. The molecule has 5 rings (SSSR count). The lowest BCUT2D eigenvalue weighted by Crippen LogP contribution is -2.39. The van der Waals surface area contributed by atoms with E-state index in [1.165, 1.54) is 18.3 Å². The molecule has 1 atom stereocenters. The maximum absolute atomic E-state index is 13.6. The molecule has 0 saturated heterocycles. The molecule has 38 heavy (non-hydrogen) atoms. The lowest BCUT2D eigenvalue weighted by molar-refractivity contribution is -0.115. The largest absolute Gasteiger partial charge is 0.310 e. The van der Waals surface area contributed by atoms with Crippen molar-refractivity contribution < 1.29 is 22.4 Å². The third kappa shape index (κ3) is 4.47. The quantitative estimate of drug-likeness (QED) is 0.383. The molecule has 1 unspecified atom stereocenters. The molecule has 3 aromatic heterocycles.